The Morgan fingerprint density at radius 1 is 1.10 bits per heavy atom. The van der Waals surface area contributed by atoms with Crippen LogP contribution >= 0.6 is 0 Å². The second-order valence-corrected chi connectivity index (χ2v) is 9.12. The average molecular weight is 317 g/mol. The van der Waals surface area contributed by atoms with Gasteiger partial charge in [0.05, 0.1) is 5.75 Å². The maximum absolute atomic E-state index is 12.1. The summed E-state index contributed by atoms with van der Waals surface area (Å²) in [5.74, 6) is 1.84. The van der Waals surface area contributed by atoms with Gasteiger partial charge >= 0.3 is 0 Å². The molecular weight excluding hydrogens is 284 g/mol. The molecule has 0 aromatic heterocycles. The Morgan fingerprint density at radius 3 is 2.38 bits per heavy atom. The van der Waals surface area contributed by atoms with Crippen LogP contribution in [0.5, 0.6) is 0 Å². The van der Waals surface area contributed by atoms with Crippen LogP contribution in [0.1, 0.15) is 59.3 Å². The number of nitrogens with one attached hydrogen (secondary N) is 1. The van der Waals surface area contributed by atoms with E-state index in [0.29, 0.717) is 37.3 Å². The molecule has 0 amide bonds. The Labute approximate surface area is 130 Å². The SMILES string of the molecule is CCCS(=O)(=O)N1CCC(NC2CCCC(C)C2C)CC1. The average Bonchev–Trinajstić information content (AvgIpc) is 2.44. The molecule has 0 spiro atoms. The summed E-state index contributed by atoms with van der Waals surface area (Å²) in [7, 11) is -3.00. The third-order valence-electron chi connectivity index (χ3n) is 5.47. The van der Waals surface area contributed by atoms with Crippen LogP contribution in [-0.2, 0) is 10.0 Å². The van der Waals surface area contributed by atoms with Gasteiger partial charge in [0, 0.05) is 25.2 Å². The van der Waals surface area contributed by atoms with Crippen LogP contribution in [0.4, 0.5) is 0 Å². The molecule has 1 aliphatic heterocycles. The van der Waals surface area contributed by atoms with E-state index in [-0.39, 0.29) is 0 Å². The summed E-state index contributed by atoms with van der Waals surface area (Å²) in [6, 6.07) is 1.12. The fraction of sp³-hybridized carbons (Fsp3) is 1.00. The van der Waals surface area contributed by atoms with Gasteiger partial charge in [-0.25, -0.2) is 12.7 Å². The lowest BCUT2D eigenvalue weighted by atomic mass is 9.77. The predicted molar refractivity (Wildman–Crippen MR) is 87.8 cm³/mol. The molecule has 0 aromatic rings. The van der Waals surface area contributed by atoms with Gasteiger partial charge in [-0.2, -0.15) is 0 Å². The van der Waals surface area contributed by atoms with Gasteiger partial charge in [0.1, 0.15) is 0 Å². The smallest absolute Gasteiger partial charge is 0.214 e. The first kappa shape index (κ1) is 17.2. The minimum atomic E-state index is -3.00. The molecule has 3 unspecified atom stereocenters. The lowest BCUT2D eigenvalue weighted by Crippen LogP contribution is -2.51. The normalized spacial score (nSPS) is 33.2. The molecule has 0 aromatic carbocycles. The maximum Gasteiger partial charge on any atom is 0.214 e. The van der Waals surface area contributed by atoms with Crippen molar-refractivity contribution in [2.45, 2.75) is 71.4 Å². The number of rotatable bonds is 5. The predicted octanol–water partition coefficient (Wildman–Crippen LogP) is 2.60. The summed E-state index contributed by atoms with van der Waals surface area (Å²) in [5, 5.41) is 3.82. The Hall–Kier alpha value is -0.130. The Bertz CT molecular complexity index is 416. The van der Waals surface area contributed by atoms with Crippen molar-refractivity contribution in [3.05, 3.63) is 0 Å². The highest BCUT2D eigenvalue weighted by molar-refractivity contribution is 7.89. The molecule has 0 radical (unpaired) electrons. The van der Waals surface area contributed by atoms with E-state index < -0.39 is 10.0 Å². The molecule has 2 aliphatic rings. The monoisotopic (exact) mass is 316 g/mol. The quantitative estimate of drug-likeness (QED) is 0.848. The molecule has 1 saturated heterocycles. The fourth-order valence-electron chi connectivity index (χ4n) is 3.81. The molecule has 124 valence electrons. The van der Waals surface area contributed by atoms with Crippen molar-refractivity contribution in [2.75, 3.05) is 18.8 Å². The van der Waals surface area contributed by atoms with E-state index in [9.17, 15) is 8.42 Å². The van der Waals surface area contributed by atoms with Crippen LogP contribution in [-0.4, -0.2) is 43.6 Å². The zero-order valence-electron chi connectivity index (χ0n) is 13.8. The number of hydrogen-bond acceptors (Lipinski definition) is 3. The molecular formula is C16H32N2O2S. The highest BCUT2D eigenvalue weighted by atomic mass is 32.2. The van der Waals surface area contributed by atoms with E-state index in [2.05, 4.69) is 19.2 Å². The summed E-state index contributed by atoms with van der Waals surface area (Å²) >= 11 is 0. The van der Waals surface area contributed by atoms with Crippen molar-refractivity contribution >= 4 is 10.0 Å². The summed E-state index contributed by atoms with van der Waals surface area (Å²) in [5.41, 5.74) is 0. The maximum atomic E-state index is 12.1. The molecule has 1 aliphatic carbocycles. The van der Waals surface area contributed by atoms with E-state index >= 15 is 0 Å². The highest BCUT2D eigenvalue weighted by Crippen LogP contribution is 2.30. The Balaban J connectivity index is 1.81. The lowest BCUT2D eigenvalue weighted by Gasteiger charge is -2.39. The van der Waals surface area contributed by atoms with Gasteiger partial charge in [-0.1, -0.05) is 33.6 Å². The number of nitrogens with zero attached hydrogens (tertiary/aromatic N) is 1. The molecule has 0 bridgehead atoms. The van der Waals surface area contributed by atoms with E-state index in [1.54, 1.807) is 4.31 Å². The van der Waals surface area contributed by atoms with Gasteiger partial charge in [0.2, 0.25) is 10.0 Å². The van der Waals surface area contributed by atoms with Crippen LogP contribution < -0.4 is 5.32 Å². The Kier molecular flexibility index (Phi) is 6.09. The van der Waals surface area contributed by atoms with E-state index in [1.807, 2.05) is 6.92 Å². The minimum absolute atomic E-state index is 0.294. The first-order valence-corrected chi connectivity index (χ1v) is 10.3. The first-order chi connectivity index (χ1) is 9.94. The molecule has 4 nitrogen and oxygen atoms in total. The molecule has 1 saturated carbocycles. The minimum Gasteiger partial charge on any atom is -0.311 e. The zero-order valence-corrected chi connectivity index (χ0v) is 14.7. The third-order valence-corrected chi connectivity index (χ3v) is 7.54. The van der Waals surface area contributed by atoms with Crippen molar-refractivity contribution in [1.29, 1.82) is 0 Å². The molecule has 21 heavy (non-hydrogen) atoms. The van der Waals surface area contributed by atoms with E-state index in [0.717, 1.165) is 24.7 Å². The van der Waals surface area contributed by atoms with Gasteiger partial charge in [0.25, 0.3) is 0 Å². The van der Waals surface area contributed by atoms with Gasteiger partial charge in [-0.15, -0.1) is 0 Å². The van der Waals surface area contributed by atoms with Crippen molar-refractivity contribution in [3.8, 4) is 0 Å². The number of piperidine rings is 1. The summed E-state index contributed by atoms with van der Waals surface area (Å²) in [4.78, 5) is 0. The molecule has 3 atom stereocenters. The topological polar surface area (TPSA) is 49.4 Å². The Morgan fingerprint density at radius 2 is 1.76 bits per heavy atom. The molecule has 5 heteroatoms. The van der Waals surface area contributed by atoms with Crippen LogP contribution in [0.15, 0.2) is 0 Å². The van der Waals surface area contributed by atoms with Crippen molar-refractivity contribution < 1.29 is 8.42 Å². The highest BCUT2D eigenvalue weighted by Gasteiger charge is 2.31. The number of hydrogen-bond donors (Lipinski definition) is 1. The molecule has 2 fully saturated rings. The second kappa shape index (κ2) is 7.42. The van der Waals surface area contributed by atoms with Gasteiger partial charge < -0.3 is 5.32 Å². The lowest BCUT2D eigenvalue weighted by molar-refractivity contribution is 0.174. The van der Waals surface area contributed by atoms with E-state index in [4.69, 9.17) is 0 Å². The second-order valence-electron chi connectivity index (χ2n) is 7.03. The van der Waals surface area contributed by atoms with Crippen LogP contribution in [0.3, 0.4) is 0 Å². The fourth-order valence-corrected chi connectivity index (χ4v) is 5.35. The van der Waals surface area contributed by atoms with Gasteiger partial charge in [-0.3, -0.25) is 0 Å². The molecule has 2 rings (SSSR count). The largest absolute Gasteiger partial charge is 0.311 e. The van der Waals surface area contributed by atoms with Gasteiger partial charge in [-0.05, 0) is 37.5 Å². The van der Waals surface area contributed by atoms with Gasteiger partial charge in [0.15, 0.2) is 0 Å². The summed E-state index contributed by atoms with van der Waals surface area (Å²) < 4.78 is 25.9. The molecule has 1 N–H and O–H groups in total. The van der Waals surface area contributed by atoms with Crippen LogP contribution in [0, 0.1) is 11.8 Å². The zero-order chi connectivity index (χ0) is 15.5. The van der Waals surface area contributed by atoms with Crippen molar-refractivity contribution in [3.63, 3.8) is 0 Å². The molecule has 1 heterocycles. The standard InChI is InChI=1S/C16H32N2O2S/c1-4-12-21(19,20)18-10-8-15(9-11-18)17-16-7-5-6-13(2)14(16)3/h13-17H,4-12H2,1-3H3. The van der Waals surface area contributed by atoms with Crippen molar-refractivity contribution in [1.82, 2.24) is 9.62 Å². The van der Waals surface area contributed by atoms with Crippen LogP contribution in [0.25, 0.3) is 0 Å². The summed E-state index contributed by atoms with van der Waals surface area (Å²) in [6.07, 6.45) is 6.58. The van der Waals surface area contributed by atoms with E-state index in [1.165, 1.54) is 19.3 Å². The summed E-state index contributed by atoms with van der Waals surface area (Å²) in [6.45, 7) is 8.03. The van der Waals surface area contributed by atoms with Crippen LogP contribution in [0.2, 0.25) is 0 Å². The first-order valence-electron chi connectivity index (χ1n) is 8.68. The third kappa shape index (κ3) is 4.42. The van der Waals surface area contributed by atoms with Crippen molar-refractivity contribution in [2.24, 2.45) is 11.8 Å². The number of sulfonamides is 1.